The number of pyridine rings is 1. The Labute approximate surface area is 93.7 Å². The van der Waals surface area contributed by atoms with Crippen LogP contribution in [0.2, 0.25) is 0 Å². The van der Waals surface area contributed by atoms with Gasteiger partial charge in [0.2, 0.25) is 0 Å². The van der Waals surface area contributed by atoms with Crippen molar-refractivity contribution < 1.29 is 9.90 Å². The van der Waals surface area contributed by atoms with Gasteiger partial charge in [0.1, 0.15) is 5.82 Å². The Balaban J connectivity index is 2.71. The molecule has 0 fully saturated rings. The maximum absolute atomic E-state index is 10.6. The fourth-order valence-corrected chi connectivity index (χ4v) is 1.17. The highest BCUT2D eigenvalue weighted by Gasteiger charge is 2.10. The maximum atomic E-state index is 10.6. The zero-order valence-corrected chi connectivity index (χ0v) is 9.19. The number of nitriles is 1. The van der Waals surface area contributed by atoms with Crippen LogP contribution in [0, 0.1) is 24.2 Å². The number of aryl methyl sites for hydroxylation is 1. The van der Waals surface area contributed by atoms with Crippen LogP contribution in [0.15, 0.2) is 12.1 Å². The predicted octanol–water partition coefficient (Wildman–Crippen LogP) is 1.39. The van der Waals surface area contributed by atoms with Crippen molar-refractivity contribution in [3.8, 4) is 6.07 Å². The molecule has 1 aromatic heterocycles. The molecular formula is C11H13N3O2. The molecule has 84 valence electrons. The molecule has 0 aliphatic rings. The summed E-state index contributed by atoms with van der Waals surface area (Å²) in [4.78, 5) is 14.8. The van der Waals surface area contributed by atoms with Crippen LogP contribution in [0.25, 0.3) is 0 Å². The Morgan fingerprint density at radius 3 is 2.94 bits per heavy atom. The number of carboxylic acids is 1. The summed E-state index contributed by atoms with van der Waals surface area (Å²) in [6.45, 7) is 3.68. The van der Waals surface area contributed by atoms with Crippen LogP contribution < -0.4 is 5.32 Å². The van der Waals surface area contributed by atoms with Gasteiger partial charge in [-0.1, -0.05) is 6.92 Å². The molecule has 0 spiro atoms. The molecule has 1 aromatic rings. The van der Waals surface area contributed by atoms with E-state index in [4.69, 9.17) is 10.4 Å². The highest BCUT2D eigenvalue weighted by atomic mass is 16.4. The van der Waals surface area contributed by atoms with E-state index >= 15 is 0 Å². The van der Waals surface area contributed by atoms with Crippen molar-refractivity contribution >= 4 is 11.8 Å². The van der Waals surface area contributed by atoms with Crippen LogP contribution >= 0.6 is 0 Å². The number of carboxylic acid groups (broad SMARTS) is 1. The number of aromatic nitrogens is 1. The van der Waals surface area contributed by atoms with Crippen molar-refractivity contribution in [1.82, 2.24) is 4.98 Å². The van der Waals surface area contributed by atoms with E-state index in [1.54, 1.807) is 26.0 Å². The molecule has 0 radical (unpaired) electrons. The van der Waals surface area contributed by atoms with E-state index in [-0.39, 0.29) is 6.54 Å². The van der Waals surface area contributed by atoms with Gasteiger partial charge in [0.15, 0.2) is 0 Å². The topological polar surface area (TPSA) is 86.0 Å². The molecule has 0 aromatic carbocycles. The average Bonchev–Trinajstić information content (AvgIpc) is 2.24. The second-order valence-corrected chi connectivity index (χ2v) is 3.61. The molecule has 0 bridgehead atoms. The lowest BCUT2D eigenvalue weighted by Crippen LogP contribution is -2.20. The quantitative estimate of drug-likeness (QED) is 0.799. The third kappa shape index (κ3) is 3.24. The van der Waals surface area contributed by atoms with E-state index in [9.17, 15) is 4.79 Å². The molecule has 16 heavy (non-hydrogen) atoms. The average molecular weight is 219 g/mol. The van der Waals surface area contributed by atoms with Gasteiger partial charge in [-0.05, 0) is 19.1 Å². The minimum absolute atomic E-state index is 0.288. The van der Waals surface area contributed by atoms with E-state index in [1.165, 1.54) is 0 Å². The number of anilines is 1. The lowest BCUT2D eigenvalue weighted by Gasteiger charge is -2.09. The highest BCUT2D eigenvalue weighted by molar-refractivity contribution is 5.70. The zero-order chi connectivity index (χ0) is 12.1. The molecule has 5 heteroatoms. The second kappa shape index (κ2) is 5.12. The minimum Gasteiger partial charge on any atom is -0.481 e. The van der Waals surface area contributed by atoms with Gasteiger partial charge in [0.25, 0.3) is 0 Å². The molecule has 0 aliphatic carbocycles. The molecule has 1 atom stereocenters. The summed E-state index contributed by atoms with van der Waals surface area (Å²) in [5, 5.41) is 20.4. The van der Waals surface area contributed by atoms with Gasteiger partial charge in [-0.2, -0.15) is 5.26 Å². The Kier molecular flexibility index (Phi) is 3.84. The molecule has 1 rings (SSSR count). The molecule has 0 amide bonds. The number of hydrogen-bond acceptors (Lipinski definition) is 4. The van der Waals surface area contributed by atoms with Crippen LogP contribution in [0.5, 0.6) is 0 Å². The SMILES string of the molecule is Cc1cc(C#N)cc(NCC(C)C(=O)O)n1. The highest BCUT2D eigenvalue weighted by Crippen LogP contribution is 2.09. The largest absolute Gasteiger partial charge is 0.481 e. The number of nitrogens with zero attached hydrogens (tertiary/aromatic N) is 2. The molecule has 1 unspecified atom stereocenters. The Bertz CT molecular complexity index is 437. The Morgan fingerprint density at radius 1 is 1.69 bits per heavy atom. The lowest BCUT2D eigenvalue weighted by atomic mass is 10.2. The summed E-state index contributed by atoms with van der Waals surface area (Å²) in [6, 6.07) is 5.29. The number of nitrogens with one attached hydrogen (secondary N) is 1. The predicted molar refractivity (Wildman–Crippen MR) is 59.0 cm³/mol. The first-order valence-electron chi connectivity index (χ1n) is 4.88. The van der Waals surface area contributed by atoms with E-state index in [0.29, 0.717) is 11.4 Å². The summed E-state index contributed by atoms with van der Waals surface area (Å²) in [5.74, 6) is -0.821. The van der Waals surface area contributed by atoms with Crippen molar-refractivity contribution in [2.45, 2.75) is 13.8 Å². The molecule has 0 aliphatic heterocycles. The van der Waals surface area contributed by atoms with Crippen molar-refractivity contribution in [1.29, 1.82) is 5.26 Å². The molecule has 2 N–H and O–H groups in total. The number of carbonyl (C=O) groups is 1. The monoisotopic (exact) mass is 219 g/mol. The van der Waals surface area contributed by atoms with Gasteiger partial charge in [0.05, 0.1) is 17.6 Å². The third-order valence-corrected chi connectivity index (χ3v) is 2.09. The molecular weight excluding hydrogens is 206 g/mol. The first kappa shape index (κ1) is 12.0. The van der Waals surface area contributed by atoms with Crippen LogP contribution in [0.4, 0.5) is 5.82 Å². The van der Waals surface area contributed by atoms with Gasteiger partial charge < -0.3 is 10.4 Å². The smallest absolute Gasteiger partial charge is 0.308 e. The standard InChI is InChI=1S/C11H13N3O2/c1-7(11(15)16)6-13-10-4-9(5-12)3-8(2)14-10/h3-4,7H,6H2,1-2H3,(H,13,14)(H,15,16). The van der Waals surface area contributed by atoms with Gasteiger partial charge in [0, 0.05) is 12.2 Å². The second-order valence-electron chi connectivity index (χ2n) is 3.61. The fourth-order valence-electron chi connectivity index (χ4n) is 1.17. The van der Waals surface area contributed by atoms with Crippen molar-refractivity contribution in [2.75, 3.05) is 11.9 Å². The zero-order valence-electron chi connectivity index (χ0n) is 9.19. The van der Waals surface area contributed by atoms with Crippen LogP contribution in [-0.2, 0) is 4.79 Å². The number of rotatable bonds is 4. The van der Waals surface area contributed by atoms with Crippen molar-refractivity contribution in [3.05, 3.63) is 23.4 Å². The number of hydrogen-bond donors (Lipinski definition) is 2. The van der Waals surface area contributed by atoms with Crippen LogP contribution in [0.1, 0.15) is 18.2 Å². The van der Waals surface area contributed by atoms with E-state index in [0.717, 1.165) is 5.69 Å². The summed E-state index contributed by atoms with van der Waals surface area (Å²) in [5.41, 5.74) is 1.24. The van der Waals surface area contributed by atoms with Crippen LogP contribution in [0.3, 0.4) is 0 Å². The van der Waals surface area contributed by atoms with Gasteiger partial charge >= 0.3 is 5.97 Å². The summed E-state index contributed by atoms with van der Waals surface area (Å²) in [7, 11) is 0. The molecule has 1 heterocycles. The third-order valence-electron chi connectivity index (χ3n) is 2.09. The molecule has 0 saturated carbocycles. The maximum Gasteiger partial charge on any atom is 0.308 e. The van der Waals surface area contributed by atoms with E-state index < -0.39 is 11.9 Å². The molecule has 5 nitrogen and oxygen atoms in total. The Hall–Kier alpha value is -2.09. The van der Waals surface area contributed by atoms with Gasteiger partial charge in [-0.3, -0.25) is 4.79 Å². The minimum atomic E-state index is -0.861. The Morgan fingerprint density at radius 2 is 2.38 bits per heavy atom. The fraction of sp³-hybridized carbons (Fsp3) is 0.364. The van der Waals surface area contributed by atoms with Crippen molar-refractivity contribution in [2.24, 2.45) is 5.92 Å². The van der Waals surface area contributed by atoms with Gasteiger partial charge in [-0.15, -0.1) is 0 Å². The summed E-state index contributed by atoms with van der Waals surface area (Å²) in [6.07, 6.45) is 0. The lowest BCUT2D eigenvalue weighted by molar-refractivity contribution is -0.140. The first-order chi connectivity index (χ1) is 7.52. The molecule has 0 saturated heterocycles. The summed E-state index contributed by atoms with van der Waals surface area (Å²) < 4.78 is 0. The normalized spacial score (nSPS) is 11.6. The number of aliphatic carboxylic acids is 1. The van der Waals surface area contributed by atoms with E-state index in [2.05, 4.69) is 10.3 Å². The summed E-state index contributed by atoms with van der Waals surface area (Å²) >= 11 is 0. The van der Waals surface area contributed by atoms with E-state index in [1.807, 2.05) is 6.07 Å². The van der Waals surface area contributed by atoms with Crippen molar-refractivity contribution in [3.63, 3.8) is 0 Å². The van der Waals surface area contributed by atoms with Gasteiger partial charge in [-0.25, -0.2) is 4.98 Å². The first-order valence-corrected chi connectivity index (χ1v) is 4.88. The van der Waals surface area contributed by atoms with Crippen LogP contribution in [-0.4, -0.2) is 22.6 Å².